The largest absolute Gasteiger partial charge is 0.368 e. The number of carbonyl (C=O) groups excluding carboxylic acids is 2. The van der Waals surface area contributed by atoms with E-state index in [1.807, 2.05) is 13.8 Å². The van der Waals surface area contributed by atoms with E-state index < -0.39 is 5.54 Å². The minimum Gasteiger partial charge on any atom is -0.368 e. The zero-order chi connectivity index (χ0) is 20.6. The van der Waals surface area contributed by atoms with Crippen LogP contribution in [0.25, 0.3) is 0 Å². The van der Waals surface area contributed by atoms with Gasteiger partial charge < -0.3 is 10.6 Å². The van der Waals surface area contributed by atoms with Crippen LogP contribution in [0.4, 0.5) is 0 Å². The molecule has 0 spiro atoms. The number of rotatable bonds is 4. The Balaban J connectivity index is 1.40. The molecule has 5 nitrogen and oxygen atoms in total. The van der Waals surface area contributed by atoms with Gasteiger partial charge in [-0.15, -0.1) is 11.3 Å². The highest BCUT2D eigenvalue weighted by Crippen LogP contribution is 2.38. The fourth-order valence-corrected chi connectivity index (χ4v) is 6.66. The number of nitrogens with zero attached hydrogens (tertiary/aromatic N) is 2. The van der Waals surface area contributed by atoms with Gasteiger partial charge in [0.25, 0.3) is 5.91 Å². The van der Waals surface area contributed by atoms with Crippen LogP contribution in [0.5, 0.6) is 0 Å². The van der Waals surface area contributed by atoms with Crippen molar-refractivity contribution in [1.29, 1.82) is 0 Å². The molecule has 3 fully saturated rings. The summed E-state index contributed by atoms with van der Waals surface area (Å²) in [6, 6.07) is 2.62. The molecule has 2 amide bonds. The van der Waals surface area contributed by atoms with Crippen LogP contribution < -0.4 is 5.73 Å². The first kappa shape index (κ1) is 20.9. The molecule has 1 aliphatic carbocycles. The van der Waals surface area contributed by atoms with Gasteiger partial charge in [0.2, 0.25) is 5.91 Å². The Morgan fingerprint density at radius 2 is 1.72 bits per heavy atom. The molecule has 2 saturated heterocycles. The fourth-order valence-electron chi connectivity index (χ4n) is 5.60. The SMILES string of the molecule is CC(C)(C(N)=O)N1CCC(c2cc(C(=O)N3CCC[C@H]4CCCC[C@H]43)cs2)CC1. The van der Waals surface area contributed by atoms with Crippen molar-refractivity contribution in [1.82, 2.24) is 9.80 Å². The van der Waals surface area contributed by atoms with Crippen LogP contribution in [-0.4, -0.2) is 52.8 Å². The smallest absolute Gasteiger partial charge is 0.254 e. The Kier molecular flexibility index (Phi) is 6.03. The van der Waals surface area contributed by atoms with Crippen molar-refractivity contribution >= 4 is 23.2 Å². The predicted molar refractivity (Wildman–Crippen MR) is 117 cm³/mol. The van der Waals surface area contributed by atoms with Gasteiger partial charge in [-0.25, -0.2) is 0 Å². The summed E-state index contributed by atoms with van der Waals surface area (Å²) in [5.74, 6) is 1.18. The molecule has 0 radical (unpaired) electrons. The summed E-state index contributed by atoms with van der Waals surface area (Å²) in [5, 5.41) is 2.07. The van der Waals surface area contributed by atoms with E-state index in [4.69, 9.17) is 5.73 Å². The van der Waals surface area contributed by atoms with Crippen LogP contribution in [0.2, 0.25) is 0 Å². The molecule has 4 rings (SSSR count). The topological polar surface area (TPSA) is 66.6 Å². The Labute approximate surface area is 178 Å². The van der Waals surface area contributed by atoms with Gasteiger partial charge in [-0.2, -0.15) is 0 Å². The van der Waals surface area contributed by atoms with Crippen molar-refractivity contribution in [2.75, 3.05) is 19.6 Å². The first-order chi connectivity index (χ1) is 13.9. The highest BCUT2D eigenvalue weighted by Gasteiger charge is 2.38. The van der Waals surface area contributed by atoms with Gasteiger partial charge in [0.1, 0.15) is 0 Å². The van der Waals surface area contributed by atoms with E-state index in [9.17, 15) is 9.59 Å². The third-order valence-corrected chi connectivity index (χ3v) is 8.76. The highest BCUT2D eigenvalue weighted by atomic mass is 32.1. The van der Waals surface area contributed by atoms with Crippen molar-refractivity contribution in [3.8, 4) is 0 Å². The van der Waals surface area contributed by atoms with Crippen molar-refractivity contribution in [3.63, 3.8) is 0 Å². The lowest BCUT2D eigenvalue weighted by Gasteiger charge is -2.44. The number of piperidine rings is 2. The maximum atomic E-state index is 13.3. The standard InChI is InChI=1S/C23H35N3O2S/c1-23(2,22(24)28)25-12-9-17(10-13-25)20-14-18(15-29-20)21(27)26-11-5-7-16-6-3-4-8-19(16)26/h14-17,19H,3-13H2,1-2H3,(H2,24,28)/t16-,19-/m1/s1. The molecule has 2 atom stereocenters. The average Bonchev–Trinajstić information content (AvgIpc) is 3.23. The van der Waals surface area contributed by atoms with Gasteiger partial charge in [0, 0.05) is 22.8 Å². The van der Waals surface area contributed by atoms with Crippen LogP contribution in [0.3, 0.4) is 0 Å². The van der Waals surface area contributed by atoms with Gasteiger partial charge in [-0.05, 0) is 83.4 Å². The van der Waals surface area contributed by atoms with Crippen LogP contribution in [0.15, 0.2) is 11.4 Å². The first-order valence-corrected chi connectivity index (χ1v) is 12.2. The summed E-state index contributed by atoms with van der Waals surface area (Å²) in [6.45, 7) is 6.49. The van der Waals surface area contributed by atoms with Crippen molar-refractivity contribution in [2.45, 2.75) is 82.7 Å². The van der Waals surface area contributed by atoms with Crippen LogP contribution in [0.1, 0.15) is 86.4 Å². The molecule has 1 saturated carbocycles. The molecule has 0 unspecified atom stereocenters. The zero-order valence-electron chi connectivity index (χ0n) is 17.9. The summed E-state index contributed by atoms with van der Waals surface area (Å²) < 4.78 is 0. The molecular formula is C23H35N3O2S. The summed E-state index contributed by atoms with van der Waals surface area (Å²) >= 11 is 1.74. The molecule has 1 aromatic heterocycles. The van der Waals surface area contributed by atoms with Crippen molar-refractivity contribution in [2.24, 2.45) is 11.7 Å². The lowest BCUT2D eigenvalue weighted by Crippen LogP contribution is -2.55. The third-order valence-electron chi connectivity index (χ3n) is 7.66. The Morgan fingerprint density at radius 3 is 2.45 bits per heavy atom. The predicted octanol–water partition coefficient (Wildman–Crippen LogP) is 3.99. The lowest BCUT2D eigenvalue weighted by atomic mass is 9.78. The molecule has 0 aromatic carbocycles. The molecule has 2 aliphatic heterocycles. The van der Waals surface area contributed by atoms with E-state index in [1.54, 1.807) is 11.3 Å². The molecule has 1 aromatic rings. The number of nitrogens with two attached hydrogens (primary N) is 1. The summed E-state index contributed by atoms with van der Waals surface area (Å²) in [4.78, 5) is 30.7. The number of hydrogen-bond acceptors (Lipinski definition) is 4. The second-order valence-corrected chi connectivity index (χ2v) is 10.6. The minimum atomic E-state index is -0.591. The molecule has 6 heteroatoms. The van der Waals surface area contributed by atoms with Gasteiger partial charge >= 0.3 is 0 Å². The summed E-state index contributed by atoms with van der Waals surface area (Å²) in [7, 11) is 0. The van der Waals surface area contributed by atoms with Crippen molar-refractivity contribution < 1.29 is 9.59 Å². The summed E-state index contributed by atoms with van der Waals surface area (Å²) in [6.07, 6.45) is 9.54. The number of likely N-dealkylation sites (tertiary alicyclic amines) is 2. The second kappa shape index (κ2) is 8.38. The van der Waals surface area contributed by atoms with E-state index >= 15 is 0 Å². The third kappa shape index (κ3) is 4.11. The fraction of sp³-hybridized carbons (Fsp3) is 0.739. The average molecular weight is 418 g/mol. The molecule has 0 bridgehead atoms. The maximum Gasteiger partial charge on any atom is 0.254 e. The number of fused-ring (bicyclic) bond motifs is 1. The summed E-state index contributed by atoms with van der Waals surface area (Å²) in [5.41, 5.74) is 5.87. The van der Waals surface area contributed by atoms with E-state index in [0.717, 1.165) is 50.4 Å². The normalized spacial score (nSPS) is 26.9. The maximum absolute atomic E-state index is 13.3. The monoisotopic (exact) mass is 417 g/mol. The molecular weight excluding hydrogens is 382 g/mol. The van der Waals surface area contributed by atoms with E-state index in [-0.39, 0.29) is 11.8 Å². The number of thiophene rings is 1. The molecule has 29 heavy (non-hydrogen) atoms. The number of amides is 2. The first-order valence-electron chi connectivity index (χ1n) is 11.3. The number of hydrogen-bond donors (Lipinski definition) is 1. The Morgan fingerprint density at radius 1 is 1.03 bits per heavy atom. The Hall–Kier alpha value is -1.40. The van der Waals surface area contributed by atoms with Gasteiger partial charge in [0.05, 0.1) is 11.1 Å². The second-order valence-electron chi connectivity index (χ2n) is 9.67. The zero-order valence-corrected chi connectivity index (χ0v) is 18.7. The van der Waals surface area contributed by atoms with Crippen LogP contribution in [0, 0.1) is 5.92 Å². The molecule has 160 valence electrons. The minimum absolute atomic E-state index is 0.247. The molecule has 2 N–H and O–H groups in total. The van der Waals surface area contributed by atoms with E-state index in [2.05, 4.69) is 21.2 Å². The van der Waals surface area contributed by atoms with Gasteiger partial charge in [-0.3, -0.25) is 14.5 Å². The quantitative estimate of drug-likeness (QED) is 0.806. The number of carbonyl (C=O) groups is 2. The van der Waals surface area contributed by atoms with Crippen molar-refractivity contribution in [3.05, 3.63) is 21.9 Å². The van der Waals surface area contributed by atoms with E-state index in [0.29, 0.717) is 12.0 Å². The van der Waals surface area contributed by atoms with E-state index in [1.165, 1.54) is 37.0 Å². The number of primary amides is 1. The lowest BCUT2D eigenvalue weighted by molar-refractivity contribution is -0.129. The van der Waals surface area contributed by atoms with Crippen LogP contribution in [-0.2, 0) is 4.79 Å². The molecule has 3 heterocycles. The molecule has 3 aliphatic rings. The highest BCUT2D eigenvalue weighted by molar-refractivity contribution is 7.10. The Bertz CT molecular complexity index is 749. The van der Waals surface area contributed by atoms with Crippen LogP contribution >= 0.6 is 11.3 Å². The van der Waals surface area contributed by atoms with Gasteiger partial charge in [0.15, 0.2) is 0 Å². The van der Waals surface area contributed by atoms with Gasteiger partial charge in [-0.1, -0.05) is 12.8 Å².